The Morgan fingerprint density at radius 1 is 1.13 bits per heavy atom. The first-order valence-corrected chi connectivity index (χ1v) is 10.1. The first-order valence-electron chi connectivity index (χ1n) is 10.1. The Morgan fingerprint density at radius 2 is 1.90 bits per heavy atom. The number of carbonyl (C=O) groups is 1. The average Bonchev–Trinajstić information content (AvgIpc) is 3.34. The van der Waals surface area contributed by atoms with Crippen molar-refractivity contribution in [2.45, 2.75) is 39.7 Å². The molecule has 0 atom stereocenters. The Morgan fingerprint density at radius 3 is 2.60 bits per heavy atom. The van der Waals surface area contributed by atoms with Gasteiger partial charge in [-0.25, -0.2) is 9.48 Å². The summed E-state index contributed by atoms with van der Waals surface area (Å²) in [4.78, 5) is 15.4. The van der Waals surface area contributed by atoms with Gasteiger partial charge in [-0.15, -0.1) is 0 Å². The van der Waals surface area contributed by atoms with Crippen LogP contribution in [0.3, 0.4) is 0 Å². The Bertz CT molecular complexity index is 1180. The standard InChI is InChI=1S/C24H26N4O2/c1-5-16-6-9-19(10-7-16)28-15-18(13-26-28)17-8-11-21-20(12-17)22(14-25-21)27-23(29)30-24(2,3)4/h6-15,25H,5H2,1-4H3,(H,27,29). The third-order valence-electron chi connectivity index (χ3n) is 4.84. The Hall–Kier alpha value is -3.54. The maximum atomic E-state index is 12.2. The van der Waals surface area contributed by atoms with Gasteiger partial charge in [0.1, 0.15) is 5.60 Å². The van der Waals surface area contributed by atoms with Gasteiger partial charge in [0.05, 0.1) is 17.6 Å². The molecule has 4 rings (SSSR count). The number of hydrogen-bond acceptors (Lipinski definition) is 3. The van der Waals surface area contributed by atoms with E-state index in [4.69, 9.17) is 4.74 Å². The molecule has 1 amide bonds. The number of nitrogens with zero attached hydrogens (tertiary/aromatic N) is 2. The number of aromatic nitrogens is 3. The molecule has 154 valence electrons. The van der Waals surface area contributed by atoms with E-state index in [1.54, 1.807) is 6.20 Å². The van der Waals surface area contributed by atoms with Gasteiger partial charge in [0.15, 0.2) is 0 Å². The summed E-state index contributed by atoms with van der Waals surface area (Å²) >= 11 is 0. The van der Waals surface area contributed by atoms with E-state index in [-0.39, 0.29) is 0 Å². The van der Waals surface area contributed by atoms with Crippen LogP contribution in [0.15, 0.2) is 61.1 Å². The second-order valence-electron chi connectivity index (χ2n) is 8.28. The van der Waals surface area contributed by atoms with Crippen LogP contribution in [0.4, 0.5) is 10.5 Å². The van der Waals surface area contributed by atoms with Crippen molar-refractivity contribution in [2.24, 2.45) is 0 Å². The monoisotopic (exact) mass is 402 g/mol. The fraction of sp³-hybridized carbons (Fsp3) is 0.250. The summed E-state index contributed by atoms with van der Waals surface area (Å²) in [6.45, 7) is 7.66. The second kappa shape index (κ2) is 7.71. The van der Waals surface area contributed by atoms with Crippen molar-refractivity contribution in [2.75, 3.05) is 5.32 Å². The first-order chi connectivity index (χ1) is 14.3. The van der Waals surface area contributed by atoms with Gasteiger partial charge in [-0.2, -0.15) is 5.10 Å². The molecule has 6 nitrogen and oxygen atoms in total. The van der Waals surface area contributed by atoms with Gasteiger partial charge in [0, 0.05) is 28.9 Å². The van der Waals surface area contributed by atoms with Gasteiger partial charge in [0.25, 0.3) is 0 Å². The number of ether oxygens (including phenoxy) is 1. The third kappa shape index (κ3) is 4.22. The number of amides is 1. The minimum atomic E-state index is -0.550. The van der Waals surface area contributed by atoms with Crippen LogP contribution in [0, 0.1) is 0 Å². The molecule has 4 aromatic rings. The number of aromatic amines is 1. The average molecular weight is 402 g/mol. The van der Waals surface area contributed by atoms with Crippen LogP contribution in [-0.2, 0) is 11.2 Å². The molecule has 6 heteroatoms. The highest BCUT2D eigenvalue weighted by molar-refractivity contribution is 6.01. The molecular formula is C24H26N4O2. The highest BCUT2D eigenvalue weighted by Gasteiger charge is 2.17. The number of anilines is 1. The molecule has 0 aliphatic rings. The van der Waals surface area contributed by atoms with Crippen molar-refractivity contribution in [3.63, 3.8) is 0 Å². The van der Waals surface area contributed by atoms with Crippen molar-refractivity contribution >= 4 is 22.7 Å². The van der Waals surface area contributed by atoms with E-state index in [1.807, 2.05) is 56.0 Å². The Labute approximate surface area is 175 Å². The molecule has 0 bridgehead atoms. The predicted octanol–water partition coefficient (Wildman–Crippen LogP) is 5.93. The summed E-state index contributed by atoms with van der Waals surface area (Å²) in [5.41, 5.74) is 5.41. The smallest absolute Gasteiger partial charge is 0.412 e. The number of carbonyl (C=O) groups excluding carboxylic acids is 1. The predicted molar refractivity (Wildman–Crippen MR) is 120 cm³/mol. The van der Waals surface area contributed by atoms with E-state index < -0.39 is 11.7 Å². The van der Waals surface area contributed by atoms with Gasteiger partial charge in [-0.1, -0.05) is 25.1 Å². The summed E-state index contributed by atoms with van der Waals surface area (Å²) < 4.78 is 7.24. The number of nitrogens with one attached hydrogen (secondary N) is 2. The van der Waals surface area contributed by atoms with E-state index >= 15 is 0 Å². The van der Waals surface area contributed by atoms with E-state index in [9.17, 15) is 4.79 Å². The summed E-state index contributed by atoms with van der Waals surface area (Å²) in [6.07, 6.45) is 6.17. The Balaban J connectivity index is 1.60. The number of aryl methyl sites for hydroxylation is 1. The molecule has 2 aromatic carbocycles. The van der Waals surface area contributed by atoms with Crippen molar-refractivity contribution in [3.8, 4) is 16.8 Å². The minimum Gasteiger partial charge on any atom is -0.444 e. The molecule has 0 unspecified atom stereocenters. The van der Waals surface area contributed by atoms with Crippen LogP contribution in [0.1, 0.15) is 33.3 Å². The summed E-state index contributed by atoms with van der Waals surface area (Å²) in [5.74, 6) is 0. The molecule has 0 fully saturated rings. The van der Waals surface area contributed by atoms with Crippen molar-refractivity contribution in [1.29, 1.82) is 0 Å². The largest absolute Gasteiger partial charge is 0.444 e. The van der Waals surface area contributed by atoms with E-state index in [2.05, 4.69) is 46.6 Å². The van der Waals surface area contributed by atoms with Gasteiger partial charge < -0.3 is 9.72 Å². The minimum absolute atomic E-state index is 0.475. The normalized spacial score (nSPS) is 11.6. The molecule has 0 aliphatic carbocycles. The number of benzene rings is 2. The quantitative estimate of drug-likeness (QED) is 0.444. The highest BCUT2D eigenvalue weighted by atomic mass is 16.6. The van der Waals surface area contributed by atoms with Gasteiger partial charge >= 0.3 is 6.09 Å². The Kier molecular flexibility index (Phi) is 5.08. The molecule has 0 spiro atoms. The lowest BCUT2D eigenvalue weighted by atomic mass is 10.1. The van der Waals surface area contributed by atoms with Crippen LogP contribution < -0.4 is 5.32 Å². The van der Waals surface area contributed by atoms with Crippen LogP contribution in [-0.4, -0.2) is 26.5 Å². The molecule has 0 aliphatic heterocycles. The summed E-state index contributed by atoms with van der Waals surface area (Å²) in [7, 11) is 0. The zero-order chi connectivity index (χ0) is 21.3. The molecule has 0 radical (unpaired) electrons. The lowest BCUT2D eigenvalue weighted by Crippen LogP contribution is -2.27. The van der Waals surface area contributed by atoms with Crippen LogP contribution in [0.2, 0.25) is 0 Å². The topological polar surface area (TPSA) is 71.9 Å². The molecule has 2 N–H and O–H groups in total. The van der Waals surface area contributed by atoms with E-state index in [0.29, 0.717) is 5.69 Å². The molecule has 30 heavy (non-hydrogen) atoms. The number of hydrogen-bond donors (Lipinski definition) is 2. The fourth-order valence-corrected chi connectivity index (χ4v) is 3.31. The molecule has 2 heterocycles. The van der Waals surface area contributed by atoms with E-state index in [0.717, 1.165) is 34.1 Å². The molecular weight excluding hydrogens is 376 g/mol. The zero-order valence-corrected chi connectivity index (χ0v) is 17.7. The van der Waals surface area contributed by atoms with Gasteiger partial charge in [0.2, 0.25) is 0 Å². The van der Waals surface area contributed by atoms with E-state index in [1.165, 1.54) is 5.56 Å². The van der Waals surface area contributed by atoms with Crippen molar-refractivity contribution < 1.29 is 9.53 Å². The second-order valence-corrected chi connectivity index (χ2v) is 8.28. The maximum absolute atomic E-state index is 12.2. The molecule has 0 saturated heterocycles. The van der Waals surface area contributed by atoms with Gasteiger partial charge in [-0.05, 0) is 62.6 Å². The molecule has 2 aromatic heterocycles. The molecule has 0 saturated carbocycles. The van der Waals surface area contributed by atoms with Crippen LogP contribution >= 0.6 is 0 Å². The number of H-pyrrole nitrogens is 1. The first kappa shape index (κ1) is 19.8. The number of fused-ring (bicyclic) bond motifs is 1. The lowest BCUT2D eigenvalue weighted by Gasteiger charge is -2.19. The maximum Gasteiger partial charge on any atom is 0.412 e. The van der Waals surface area contributed by atoms with Crippen LogP contribution in [0.25, 0.3) is 27.7 Å². The number of rotatable bonds is 4. The zero-order valence-electron chi connectivity index (χ0n) is 17.7. The summed E-state index contributed by atoms with van der Waals surface area (Å²) in [6, 6.07) is 14.5. The lowest BCUT2D eigenvalue weighted by molar-refractivity contribution is 0.0636. The van der Waals surface area contributed by atoms with Crippen molar-refractivity contribution in [1.82, 2.24) is 14.8 Å². The fourth-order valence-electron chi connectivity index (χ4n) is 3.31. The van der Waals surface area contributed by atoms with Crippen molar-refractivity contribution in [3.05, 3.63) is 66.6 Å². The summed E-state index contributed by atoms with van der Waals surface area (Å²) in [5, 5.41) is 8.26. The third-order valence-corrected chi connectivity index (χ3v) is 4.84. The van der Waals surface area contributed by atoms with Crippen LogP contribution in [0.5, 0.6) is 0 Å². The highest BCUT2D eigenvalue weighted by Crippen LogP contribution is 2.29. The SMILES string of the molecule is CCc1ccc(-n2cc(-c3ccc4[nH]cc(NC(=O)OC(C)(C)C)c4c3)cn2)cc1. The van der Waals surface area contributed by atoms with Gasteiger partial charge in [-0.3, -0.25) is 5.32 Å².